The zero-order chi connectivity index (χ0) is 31.4. The van der Waals surface area contributed by atoms with E-state index in [1.54, 1.807) is 16.2 Å². The van der Waals surface area contributed by atoms with Crippen molar-refractivity contribution in [2.75, 3.05) is 6.54 Å². The highest BCUT2D eigenvalue weighted by molar-refractivity contribution is 7.13. The van der Waals surface area contributed by atoms with E-state index in [1.807, 2.05) is 45.3 Å². The van der Waals surface area contributed by atoms with Crippen LogP contribution < -0.4 is 0 Å². The van der Waals surface area contributed by atoms with Crippen LogP contribution in [0.25, 0.3) is 10.4 Å². The first-order chi connectivity index (χ1) is 20.5. The Bertz CT molecular complexity index is 1170. The van der Waals surface area contributed by atoms with Crippen LogP contribution in [0.3, 0.4) is 0 Å². The van der Waals surface area contributed by atoms with E-state index >= 15 is 0 Å². The molecule has 43 heavy (non-hydrogen) atoms. The second kappa shape index (κ2) is 17.2. The van der Waals surface area contributed by atoms with Gasteiger partial charge in [0.1, 0.15) is 5.78 Å². The Kier molecular flexibility index (Phi) is 14.0. The summed E-state index contributed by atoms with van der Waals surface area (Å²) in [6.45, 7) is 10.3. The molecule has 7 heteroatoms. The maximum Gasteiger partial charge on any atom is 0.227 e. The number of nitrogens with zero attached hydrogens (tertiary/aromatic N) is 2. The minimum absolute atomic E-state index is 0.0269. The number of likely N-dealkylation sites (tertiary alicyclic amines) is 1. The van der Waals surface area contributed by atoms with E-state index in [0.29, 0.717) is 19.3 Å². The van der Waals surface area contributed by atoms with Crippen LogP contribution >= 0.6 is 11.3 Å². The summed E-state index contributed by atoms with van der Waals surface area (Å²) >= 11 is 1.62. The van der Waals surface area contributed by atoms with Crippen molar-refractivity contribution < 1.29 is 19.5 Å². The predicted octanol–water partition coefficient (Wildman–Crippen LogP) is 8.12. The third kappa shape index (κ3) is 10.9. The molecule has 0 aliphatic carbocycles. The van der Waals surface area contributed by atoms with Crippen LogP contribution in [0.15, 0.2) is 29.8 Å². The van der Waals surface area contributed by atoms with Gasteiger partial charge in [0.2, 0.25) is 5.91 Å². The van der Waals surface area contributed by atoms with E-state index in [-0.39, 0.29) is 36.9 Å². The smallest absolute Gasteiger partial charge is 0.227 e. The van der Waals surface area contributed by atoms with E-state index in [9.17, 15) is 19.5 Å². The van der Waals surface area contributed by atoms with Crippen molar-refractivity contribution >= 4 is 28.8 Å². The topological polar surface area (TPSA) is 87.6 Å². The number of Topliss-reactive ketones (excluding diaryl/α,β-unsaturated/α-hetero) is 2. The van der Waals surface area contributed by atoms with Gasteiger partial charge in [-0.15, -0.1) is 11.3 Å². The largest absolute Gasteiger partial charge is 0.391 e. The minimum Gasteiger partial charge on any atom is -0.391 e. The molecule has 1 aromatic carbocycles. The van der Waals surface area contributed by atoms with Crippen molar-refractivity contribution in [3.8, 4) is 10.4 Å². The summed E-state index contributed by atoms with van der Waals surface area (Å²) in [5.74, 6) is -0.592. The maximum absolute atomic E-state index is 13.9. The highest BCUT2D eigenvalue weighted by Crippen LogP contribution is 2.34. The van der Waals surface area contributed by atoms with E-state index in [4.69, 9.17) is 0 Å². The van der Waals surface area contributed by atoms with Gasteiger partial charge < -0.3 is 10.0 Å². The van der Waals surface area contributed by atoms with Gasteiger partial charge in [-0.3, -0.25) is 14.4 Å². The normalized spacial score (nSPS) is 17.8. The molecule has 1 aliphatic rings. The molecular weight excluding hydrogens is 556 g/mol. The molecule has 3 atom stereocenters. The molecule has 0 saturated carbocycles. The van der Waals surface area contributed by atoms with Crippen molar-refractivity contribution in [1.29, 1.82) is 0 Å². The monoisotopic (exact) mass is 610 g/mol. The molecule has 2 heterocycles. The number of β-amino-alcohol motifs (C(OH)–C–C–N with tert-alkyl or cyclic N) is 1. The first-order valence-electron chi connectivity index (χ1n) is 16.5. The Morgan fingerprint density at radius 2 is 1.60 bits per heavy atom. The Balaban J connectivity index is 1.52. The van der Waals surface area contributed by atoms with Gasteiger partial charge in [-0.2, -0.15) is 0 Å². The zero-order valence-electron chi connectivity index (χ0n) is 27.2. The predicted molar refractivity (Wildman–Crippen MR) is 176 cm³/mol. The number of aryl methyl sites for hydroxylation is 2. The van der Waals surface area contributed by atoms with Gasteiger partial charge in [0.15, 0.2) is 5.78 Å². The number of aliphatic hydroxyl groups is 1. The SMILES string of the molecule is CCCCCCCCCCCC(=O)C[C@H](C(=O)N1C[C@H](O)C[C@H]1C(=O)CCc1ccc(-c2scnc2C)cc1)C(C)(C)C. The number of ketones is 2. The highest BCUT2D eigenvalue weighted by atomic mass is 32.1. The molecule has 0 bridgehead atoms. The summed E-state index contributed by atoms with van der Waals surface area (Å²) in [6.07, 6.45) is 11.9. The average Bonchev–Trinajstić information content (AvgIpc) is 3.58. The molecule has 238 valence electrons. The first kappa shape index (κ1) is 35.1. The van der Waals surface area contributed by atoms with Crippen LogP contribution in [0.5, 0.6) is 0 Å². The molecule has 1 fully saturated rings. The van der Waals surface area contributed by atoms with E-state index in [1.165, 1.54) is 38.5 Å². The van der Waals surface area contributed by atoms with Crippen LogP contribution in [0.2, 0.25) is 0 Å². The molecule has 1 aromatic heterocycles. The number of unbranched alkanes of at least 4 members (excludes halogenated alkanes) is 8. The number of aromatic nitrogens is 1. The number of carbonyl (C=O) groups excluding carboxylic acids is 3. The molecule has 3 rings (SSSR count). The quantitative estimate of drug-likeness (QED) is 0.172. The van der Waals surface area contributed by atoms with Crippen molar-refractivity contribution in [2.45, 2.75) is 137 Å². The Morgan fingerprint density at radius 1 is 0.977 bits per heavy atom. The second-order valence-corrected chi connectivity index (χ2v) is 14.4. The lowest BCUT2D eigenvalue weighted by atomic mass is 9.76. The molecule has 1 aliphatic heterocycles. The molecule has 0 unspecified atom stereocenters. The van der Waals surface area contributed by atoms with Gasteiger partial charge in [-0.1, -0.05) is 103 Å². The van der Waals surface area contributed by atoms with Crippen molar-refractivity contribution in [2.24, 2.45) is 11.3 Å². The highest BCUT2D eigenvalue weighted by Gasteiger charge is 2.44. The van der Waals surface area contributed by atoms with E-state index in [2.05, 4.69) is 24.0 Å². The number of hydrogen-bond donors (Lipinski definition) is 1. The molecular formula is C36H54N2O4S. The number of benzene rings is 1. The Hall–Kier alpha value is -2.38. The van der Waals surface area contributed by atoms with Crippen LogP contribution in [-0.4, -0.2) is 51.2 Å². The molecule has 1 saturated heterocycles. The van der Waals surface area contributed by atoms with Crippen LogP contribution in [0.4, 0.5) is 0 Å². The third-order valence-corrected chi connectivity index (χ3v) is 9.87. The van der Waals surface area contributed by atoms with Gasteiger partial charge in [0.25, 0.3) is 0 Å². The summed E-state index contributed by atoms with van der Waals surface area (Å²) in [6, 6.07) is 7.58. The molecule has 1 N–H and O–H groups in total. The fourth-order valence-corrected chi connectivity index (χ4v) is 6.94. The lowest BCUT2D eigenvalue weighted by Gasteiger charge is -2.34. The van der Waals surface area contributed by atoms with Crippen LogP contribution in [0.1, 0.15) is 122 Å². The zero-order valence-corrected chi connectivity index (χ0v) is 28.0. The number of carbonyl (C=O) groups is 3. The standard InChI is InChI=1S/C36H54N2O4S/c1-6-7-8-9-10-11-12-13-14-15-29(39)22-31(36(3,4)5)35(42)38-24-30(40)23-32(38)33(41)21-18-27-16-19-28(20-17-27)34-26(2)37-25-43-34/h16-17,19-20,25,30-32,40H,6-15,18,21-24H2,1-5H3/t30-,31-,32+/m1/s1. The first-order valence-corrected chi connectivity index (χ1v) is 17.4. The lowest BCUT2D eigenvalue weighted by molar-refractivity contribution is -0.145. The molecule has 1 amide bonds. The summed E-state index contributed by atoms with van der Waals surface area (Å²) in [7, 11) is 0. The molecule has 6 nitrogen and oxygen atoms in total. The third-order valence-electron chi connectivity index (χ3n) is 8.89. The fourth-order valence-electron chi connectivity index (χ4n) is 6.13. The van der Waals surface area contributed by atoms with Gasteiger partial charge in [0.05, 0.1) is 28.2 Å². The number of thiazole rings is 1. The maximum atomic E-state index is 13.9. The summed E-state index contributed by atoms with van der Waals surface area (Å²) in [5, 5.41) is 10.5. The number of aliphatic hydroxyl groups excluding tert-OH is 1. The number of rotatable bonds is 18. The van der Waals surface area contributed by atoms with Crippen molar-refractivity contribution in [1.82, 2.24) is 9.88 Å². The summed E-state index contributed by atoms with van der Waals surface area (Å²) < 4.78 is 0. The average molecular weight is 611 g/mol. The lowest BCUT2D eigenvalue weighted by Crippen LogP contribution is -2.47. The molecule has 0 radical (unpaired) electrons. The number of amides is 1. The van der Waals surface area contributed by atoms with Crippen molar-refractivity contribution in [3.63, 3.8) is 0 Å². The Labute approximate surface area is 263 Å². The summed E-state index contributed by atoms with van der Waals surface area (Å²) in [5.41, 5.74) is 4.61. The van der Waals surface area contributed by atoms with Gasteiger partial charge in [-0.25, -0.2) is 4.98 Å². The van der Waals surface area contributed by atoms with E-state index in [0.717, 1.165) is 41.0 Å². The van der Waals surface area contributed by atoms with Gasteiger partial charge in [0, 0.05) is 38.1 Å². The molecule has 0 spiro atoms. The number of hydrogen-bond acceptors (Lipinski definition) is 6. The minimum atomic E-state index is -0.724. The Morgan fingerprint density at radius 3 is 2.19 bits per heavy atom. The van der Waals surface area contributed by atoms with Gasteiger partial charge >= 0.3 is 0 Å². The fraction of sp³-hybridized carbons (Fsp3) is 0.667. The second-order valence-electron chi connectivity index (χ2n) is 13.6. The van der Waals surface area contributed by atoms with Crippen molar-refractivity contribution in [3.05, 3.63) is 41.0 Å². The summed E-state index contributed by atoms with van der Waals surface area (Å²) in [4.78, 5) is 47.3. The van der Waals surface area contributed by atoms with Crippen LogP contribution in [-0.2, 0) is 20.8 Å². The van der Waals surface area contributed by atoms with Gasteiger partial charge in [-0.05, 0) is 36.3 Å². The molecule has 2 aromatic rings. The van der Waals surface area contributed by atoms with Crippen LogP contribution in [0, 0.1) is 18.3 Å². The van der Waals surface area contributed by atoms with E-state index < -0.39 is 23.5 Å².